The third-order valence-electron chi connectivity index (χ3n) is 4.99. The van der Waals surface area contributed by atoms with E-state index in [1.807, 2.05) is 0 Å². The smallest absolute Gasteiger partial charge is 0.222 e. The van der Waals surface area contributed by atoms with Crippen molar-refractivity contribution in [2.24, 2.45) is 11.1 Å². The van der Waals surface area contributed by atoms with Crippen molar-refractivity contribution in [1.82, 2.24) is 9.80 Å². The van der Waals surface area contributed by atoms with E-state index >= 15 is 0 Å². The molecule has 0 radical (unpaired) electrons. The molecule has 2 rings (SSSR count). The minimum atomic E-state index is 0.190. The summed E-state index contributed by atoms with van der Waals surface area (Å²) in [7, 11) is 0. The molecule has 2 aliphatic rings. The Morgan fingerprint density at radius 1 is 1.20 bits per heavy atom. The summed E-state index contributed by atoms with van der Waals surface area (Å²) in [6, 6.07) is 0.624. The van der Waals surface area contributed by atoms with Crippen LogP contribution in [0.15, 0.2) is 0 Å². The minimum absolute atomic E-state index is 0.190. The highest BCUT2D eigenvalue weighted by Crippen LogP contribution is 2.27. The molecular formula is C16H31N3O. The van der Waals surface area contributed by atoms with Gasteiger partial charge in [-0.15, -0.1) is 0 Å². The molecule has 2 N–H and O–H groups in total. The van der Waals surface area contributed by atoms with E-state index in [0.29, 0.717) is 24.9 Å². The molecule has 2 heterocycles. The van der Waals surface area contributed by atoms with Crippen LogP contribution in [-0.4, -0.2) is 54.5 Å². The Labute approximate surface area is 123 Å². The van der Waals surface area contributed by atoms with Gasteiger partial charge in [-0.25, -0.2) is 0 Å². The van der Waals surface area contributed by atoms with E-state index in [9.17, 15) is 4.79 Å². The zero-order chi connectivity index (χ0) is 14.6. The minimum Gasteiger partial charge on any atom is -0.341 e. The quantitative estimate of drug-likeness (QED) is 0.836. The van der Waals surface area contributed by atoms with Gasteiger partial charge in [-0.05, 0) is 50.6 Å². The second kappa shape index (κ2) is 6.90. The zero-order valence-electron chi connectivity index (χ0n) is 13.2. The number of nitrogens with zero attached hydrogens (tertiary/aromatic N) is 2. The molecule has 0 spiro atoms. The summed E-state index contributed by atoms with van der Waals surface area (Å²) < 4.78 is 0. The Morgan fingerprint density at radius 3 is 2.70 bits per heavy atom. The van der Waals surface area contributed by atoms with Gasteiger partial charge in [0.25, 0.3) is 0 Å². The number of fused-ring (bicyclic) bond motifs is 1. The summed E-state index contributed by atoms with van der Waals surface area (Å²) in [6.07, 6.45) is 6.33. The maximum Gasteiger partial charge on any atom is 0.222 e. The van der Waals surface area contributed by atoms with Gasteiger partial charge in [-0.2, -0.15) is 0 Å². The Balaban J connectivity index is 1.82. The largest absolute Gasteiger partial charge is 0.341 e. The van der Waals surface area contributed by atoms with Gasteiger partial charge in [0.2, 0.25) is 5.91 Å². The molecule has 20 heavy (non-hydrogen) atoms. The lowest BCUT2D eigenvalue weighted by Gasteiger charge is -2.28. The van der Waals surface area contributed by atoms with Crippen LogP contribution in [-0.2, 0) is 4.79 Å². The molecule has 1 amide bonds. The van der Waals surface area contributed by atoms with Crippen LogP contribution < -0.4 is 5.73 Å². The van der Waals surface area contributed by atoms with Crippen LogP contribution in [0.2, 0.25) is 0 Å². The zero-order valence-corrected chi connectivity index (χ0v) is 13.2. The monoisotopic (exact) mass is 281 g/mol. The highest BCUT2D eigenvalue weighted by atomic mass is 16.2. The van der Waals surface area contributed by atoms with Gasteiger partial charge in [0.15, 0.2) is 0 Å². The average Bonchev–Trinajstić information content (AvgIpc) is 2.73. The molecule has 0 aromatic carbocycles. The van der Waals surface area contributed by atoms with Crippen LogP contribution in [0.3, 0.4) is 0 Å². The predicted molar refractivity (Wildman–Crippen MR) is 82.5 cm³/mol. The molecule has 0 bridgehead atoms. The van der Waals surface area contributed by atoms with Crippen molar-refractivity contribution in [3.05, 3.63) is 0 Å². The second-order valence-electron chi connectivity index (χ2n) is 7.23. The number of hydrogen-bond donors (Lipinski definition) is 1. The Kier molecular flexibility index (Phi) is 5.44. The van der Waals surface area contributed by atoms with Crippen LogP contribution >= 0.6 is 0 Å². The first kappa shape index (κ1) is 15.8. The number of nitrogens with two attached hydrogens (primary N) is 1. The van der Waals surface area contributed by atoms with Crippen molar-refractivity contribution in [1.29, 1.82) is 0 Å². The van der Waals surface area contributed by atoms with E-state index in [0.717, 1.165) is 32.4 Å². The fourth-order valence-corrected chi connectivity index (χ4v) is 3.55. The number of carbonyl (C=O) groups excluding carboxylic acids is 1. The van der Waals surface area contributed by atoms with Gasteiger partial charge in [0.05, 0.1) is 0 Å². The first-order valence-electron chi connectivity index (χ1n) is 8.24. The molecule has 0 aliphatic carbocycles. The van der Waals surface area contributed by atoms with Gasteiger partial charge in [-0.1, -0.05) is 13.8 Å². The molecule has 2 saturated heterocycles. The normalized spacial score (nSPS) is 24.6. The molecule has 0 saturated carbocycles. The summed E-state index contributed by atoms with van der Waals surface area (Å²) in [6.45, 7) is 9.45. The van der Waals surface area contributed by atoms with E-state index in [-0.39, 0.29) is 5.41 Å². The number of carbonyl (C=O) groups is 1. The average molecular weight is 281 g/mol. The molecule has 4 nitrogen and oxygen atoms in total. The lowest BCUT2D eigenvalue weighted by atomic mass is 9.84. The number of rotatable bonds is 5. The van der Waals surface area contributed by atoms with E-state index < -0.39 is 0 Å². The predicted octanol–water partition coefficient (Wildman–Crippen LogP) is 1.84. The second-order valence-corrected chi connectivity index (χ2v) is 7.23. The van der Waals surface area contributed by atoms with Crippen LogP contribution in [0, 0.1) is 5.41 Å². The highest BCUT2D eigenvalue weighted by Gasteiger charge is 2.30. The van der Waals surface area contributed by atoms with Gasteiger partial charge in [-0.3, -0.25) is 9.69 Å². The van der Waals surface area contributed by atoms with Crippen molar-refractivity contribution in [2.75, 3.05) is 32.7 Å². The van der Waals surface area contributed by atoms with Crippen LogP contribution in [0.5, 0.6) is 0 Å². The lowest BCUT2D eigenvalue weighted by molar-refractivity contribution is -0.132. The van der Waals surface area contributed by atoms with Crippen molar-refractivity contribution >= 4 is 5.91 Å². The van der Waals surface area contributed by atoms with E-state index in [1.54, 1.807) is 0 Å². The third-order valence-corrected chi connectivity index (χ3v) is 4.99. The van der Waals surface area contributed by atoms with Gasteiger partial charge >= 0.3 is 0 Å². The molecule has 0 aromatic heterocycles. The van der Waals surface area contributed by atoms with E-state index in [2.05, 4.69) is 23.6 Å². The standard InChI is InChI=1S/C16H31N3O/c1-16(2,8-9-17)7-6-15(20)19-12-4-11-18-10-3-5-14(18)13-19/h14H,3-13,17H2,1-2H3. The summed E-state index contributed by atoms with van der Waals surface area (Å²) in [5.41, 5.74) is 5.83. The van der Waals surface area contributed by atoms with Gasteiger partial charge in [0, 0.05) is 32.1 Å². The van der Waals surface area contributed by atoms with Crippen molar-refractivity contribution < 1.29 is 4.79 Å². The van der Waals surface area contributed by atoms with Gasteiger partial charge < -0.3 is 10.6 Å². The first-order chi connectivity index (χ1) is 9.52. The van der Waals surface area contributed by atoms with Crippen molar-refractivity contribution in [2.45, 2.75) is 58.4 Å². The van der Waals surface area contributed by atoms with E-state index in [1.165, 1.54) is 25.9 Å². The highest BCUT2D eigenvalue weighted by molar-refractivity contribution is 5.76. The molecule has 0 aromatic rings. The van der Waals surface area contributed by atoms with Crippen LogP contribution in [0.4, 0.5) is 0 Å². The number of hydrogen-bond acceptors (Lipinski definition) is 3. The van der Waals surface area contributed by atoms with Crippen LogP contribution in [0.25, 0.3) is 0 Å². The summed E-state index contributed by atoms with van der Waals surface area (Å²) in [5.74, 6) is 0.351. The maximum absolute atomic E-state index is 12.5. The van der Waals surface area contributed by atoms with Crippen molar-refractivity contribution in [3.63, 3.8) is 0 Å². The summed E-state index contributed by atoms with van der Waals surface area (Å²) in [5, 5.41) is 0. The molecule has 2 aliphatic heterocycles. The summed E-state index contributed by atoms with van der Waals surface area (Å²) >= 11 is 0. The van der Waals surface area contributed by atoms with Gasteiger partial charge in [0.1, 0.15) is 0 Å². The molecule has 1 unspecified atom stereocenters. The van der Waals surface area contributed by atoms with E-state index in [4.69, 9.17) is 5.73 Å². The molecule has 4 heteroatoms. The Morgan fingerprint density at radius 2 is 1.95 bits per heavy atom. The maximum atomic E-state index is 12.5. The Bertz CT molecular complexity index is 330. The first-order valence-corrected chi connectivity index (χ1v) is 8.24. The van der Waals surface area contributed by atoms with Crippen molar-refractivity contribution in [3.8, 4) is 0 Å². The van der Waals surface area contributed by atoms with Crippen LogP contribution in [0.1, 0.15) is 52.4 Å². The summed E-state index contributed by atoms with van der Waals surface area (Å²) in [4.78, 5) is 17.2. The molecular weight excluding hydrogens is 250 g/mol. The fourth-order valence-electron chi connectivity index (χ4n) is 3.55. The Hall–Kier alpha value is -0.610. The molecule has 1 atom stereocenters. The third kappa shape index (κ3) is 4.19. The molecule has 116 valence electrons. The SMILES string of the molecule is CC(C)(CCN)CCC(=O)N1CCCN2CCCC2C1. The molecule has 2 fully saturated rings. The lowest BCUT2D eigenvalue weighted by Crippen LogP contribution is -2.39. The fraction of sp³-hybridized carbons (Fsp3) is 0.938. The number of amides is 1. The topological polar surface area (TPSA) is 49.6 Å².